The summed E-state index contributed by atoms with van der Waals surface area (Å²) in [4.78, 5) is 29.3. The summed E-state index contributed by atoms with van der Waals surface area (Å²) in [7, 11) is 3.82. The highest BCUT2D eigenvalue weighted by Crippen LogP contribution is 2.39. The molecule has 0 unspecified atom stereocenters. The number of amides is 1. The number of likely N-dealkylation sites (N-methyl/N-ethyl adjacent to an activating group) is 1. The Hall–Kier alpha value is -3.12. The van der Waals surface area contributed by atoms with E-state index in [1.165, 1.54) is 4.90 Å². The fourth-order valence-electron chi connectivity index (χ4n) is 3.54. The van der Waals surface area contributed by atoms with Crippen LogP contribution in [0.4, 0.5) is 0 Å². The smallest absolute Gasteiger partial charge is 0.295 e. The van der Waals surface area contributed by atoms with Gasteiger partial charge in [-0.15, -0.1) is 0 Å². The molecule has 1 aliphatic rings. The first-order chi connectivity index (χ1) is 14.3. The maximum Gasteiger partial charge on any atom is 0.295 e. The standard InChI is InChI=1S/C24H28N2O4/c1-5-30-19-12-10-17(11-13-19)21-20(22(27)18-8-6-16(2)7-9-18)23(28)24(29)26(21)15-14-25(3)4/h6-13,21,27H,5,14-15H2,1-4H3/b22-20+/t21-/m1/s1. The summed E-state index contributed by atoms with van der Waals surface area (Å²) in [5.74, 6) is -0.695. The van der Waals surface area contributed by atoms with Gasteiger partial charge in [-0.05, 0) is 45.6 Å². The van der Waals surface area contributed by atoms with Crippen molar-refractivity contribution in [2.75, 3.05) is 33.8 Å². The number of ketones is 1. The minimum absolute atomic E-state index is 0.117. The van der Waals surface area contributed by atoms with Crippen molar-refractivity contribution < 1.29 is 19.4 Å². The number of hydrogen-bond donors (Lipinski definition) is 1. The summed E-state index contributed by atoms with van der Waals surface area (Å²) < 4.78 is 5.51. The molecule has 158 valence electrons. The number of aryl methyl sites for hydroxylation is 1. The van der Waals surface area contributed by atoms with Crippen molar-refractivity contribution in [2.45, 2.75) is 19.9 Å². The molecule has 0 spiro atoms. The molecule has 1 aliphatic heterocycles. The van der Waals surface area contributed by atoms with E-state index in [-0.39, 0.29) is 11.3 Å². The predicted molar refractivity (Wildman–Crippen MR) is 116 cm³/mol. The lowest BCUT2D eigenvalue weighted by Gasteiger charge is -2.26. The molecule has 0 radical (unpaired) electrons. The monoisotopic (exact) mass is 408 g/mol. The van der Waals surface area contributed by atoms with E-state index in [1.54, 1.807) is 12.1 Å². The molecule has 0 bridgehead atoms. The molecular weight excluding hydrogens is 380 g/mol. The third-order valence-corrected chi connectivity index (χ3v) is 5.16. The van der Waals surface area contributed by atoms with Gasteiger partial charge in [0.15, 0.2) is 0 Å². The molecule has 3 rings (SSSR count). The lowest BCUT2D eigenvalue weighted by Crippen LogP contribution is -2.35. The zero-order valence-corrected chi connectivity index (χ0v) is 17.9. The first kappa shape index (κ1) is 21.6. The third-order valence-electron chi connectivity index (χ3n) is 5.16. The number of aliphatic hydroxyl groups excluding tert-OH is 1. The van der Waals surface area contributed by atoms with Gasteiger partial charge in [0.2, 0.25) is 0 Å². The van der Waals surface area contributed by atoms with Gasteiger partial charge < -0.3 is 19.6 Å². The van der Waals surface area contributed by atoms with Crippen LogP contribution in [-0.4, -0.2) is 60.4 Å². The van der Waals surface area contributed by atoms with Crippen molar-refractivity contribution in [2.24, 2.45) is 0 Å². The first-order valence-electron chi connectivity index (χ1n) is 10.1. The van der Waals surface area contributed by atoms with Crippen LogP contribution in [0.3, 0.4) is 0 Å². The molecule has 1 fully saturated rings. The normalized spacial score (nSPS) is 18.3. The number of carbonyl (C=O) groups is 2. The molecule has 6 heteroatoms. The summed E-state index contributed by atoms with van der Waals surface area (Å²) in [6, 6.07) is 13.9. The van der Waals surface area contributed by atoms with E-state index in [0.29, 0.717) is 31.0 Å². The molecule has 0 saturated carbocycles. The van der Waals surface area contributed by atoms with Crippen molar-refractivity contribution in [3.8, 4) is 5.75 Å². The van der Waals surface area contributed by atoms with Crippen molar-refractivity contribution in [3.63, 3.8) is 0 Å². The first-order valence-corrected chi connectivity index (χ1v) is 10.1. The third kappa shape index (κ3) is 4.39. The van der Waals surface area contributed by atoms with E-state index in [1.807, 2.05) is 69.2 Å². The molecule has 0 aromatic heterocycles. The van der Waals surface area contributed by atoms with E-state index in [9.17, 15) is 14.7 Å². The van der Waals surface area contributed by atoms with E-state index >= 15 is 0 Å². The van der Waals surface area contributed by atoms with Gasteiger partial charge in [0.25, 0.3) is 11.7 Å². The summed E-state index contributed by atoms with van der Waals surface area (Å²) in [6.45, 7) is 5.38. The molecule has 2 aromatic rings. The zero-order chi connectivity index (χ0) is 21.8. The minimum atomic E-state index is -0.661. The zero-order valence-electron chi connectivity index (χ0n) is 17.9. The van der Waals surface area contributed by atoms with Crippen molar-refractivity contribution in [3.05, 3.63) is 70.8 Å². The van der Waals surface area contributed by atoms with E-state index in [4.69, 9.17) is 4.74 Å². The number of hydrogen-bond acceptors (Lipinski definition) is 5. The molecule has 6 nitrogen and oxygen atoms in total. The number of carbonyl (C=O) groups excluding carboxylic acids is 2. The van der Waals surface area contributed by atoms with Gasteiger partial charge in [-0.25, -0.2) is 0 Å². The predicted octanol–water partition coefficient (Wildman–Crippen LogP) is 3.38. The van der Waals surface area contributed by atoms with Crippen LogP contribution in [0.1, 0.15) is 29.7 Å². The van der Waals surface area contributed by atoms with Crippen LogP contribution in [0.2, 0.25) is 0 Å². The van der Waals surface area contributed by atoms with Gasteiger partial charge in [-0.3, -0.25) is 9.59 Å². The van der Waals surface area contributed by atoms with Crippen molar-refractivity contribution in [1.82, 2.24) is 9.80 Å². The average Bonchev–Trinajstić information content (AvgIpc) is 2.98. The molecule has 2 aromatic carbocycles. The highest BCUT2D eigenvalue weighted by molar-refractivity contribution is 6.46. The molecule has 1 saturated heterocycles. The summed E-state index contributed by atoms with van der Waals surface area (Å²) >= 11 is 0. The maximum atomic E-state index is 12.9. The maximum absolute atomic E-state index is 12.9. The van der Waals surface area contributed by atoms with Gasteiger partial charge >= 0.3 is 0 Å². The van der Waals surface area contributed by atoms with Gasteiger partial charge in [0, 0.05) is 18.7 Å². The van der Waals surface area contributed by atoms with E-state index in [0.717, 1.165) is 11.1 Å². The van der Waals surface area contributed by atoms with Gasteiger partial charge in [0.05, 0.1) is 18.2 Å². The van der Waals surface area contributed by atoms with Crippen molar-refractivity contribution >= 4 is 17.4 Å². The summed E-state index contributed by atoms with van der Waals surface area (Å²) in [5.41, 5.74) is 2.43. The van der Waals surface area contributed by atoms with Crippen LogP contribution in [0.15, 0.2) is 54.1 Å². The number of benzene rings is 2. The second-order valence-electron chi connectivity index (χ2n) is 7.66. The Labute approximate surface area is 177 Å². The molecule has 0 aliphatic carbocycles. The van der Waals surface area contributed by atoms with Crippen LogP contribution in [0.25, 0.3) is 5.76 Å². The quantitative estimate of drug-likeness (QED) is 0.432. The molecule has 1 amide bonds. The number of nitrogens with zero attached hydrogens (tertiary/aromatic N) is 2. The van der Waals surface area contributed by atoms with Crippen molar-refractivity contribution in [1.29, 1.82) is 0 Å². The van der Waals surface area contributed by atoms with Gasteiger partial charge in [-0.2, -0.15) is 0 Å². The summed E-state index contributed by atoms with van der Waals surface area (Å²) in [6.07, 6.45) is 0. The number of Topliss-reactive ketones (excluding diaryl/α,β-unsaturated/α-hetero) is 1. The van der Waals surface area contributed by atoms with Crippen LogP contribution in [0.5, 0.6) is 5.75 Å². The lowest BCUT2D eigenvalue weighted by atomic mass is 9.95. The number of likely N-dealkylation sites (tertiary alicyclic amines) is 1. The largest absolute Gasteiger partial charge is 0.507 e. The number of ether oxygens (including phenoxy) is 1. The highest BCUT2D eigenvalue weighted by atomic mass is 16.5. The molecular formula is C24H28N2O4. The Bertz CT molecular complexity index is 946. The Kier molecular flexibility index (Phi) is 6.57. The molecule has 1 atom stereocenters. The Balaban J connectivity index is 2.10. The van der Waals surface area contributed by atoms with Crippen LogP contribution >= 0.6 is 0 Å². The van der Waals surface area contributed by atoms with Crippen LogP contribution < -0.4 is 4.74 Å². The second-order valence-corrected chi connectivity index (χ2v) is 7.66. The Morgan fingerprint density at radius 3 is 2.27 bits per heavy atom. The summed E-state index contributed by atoms with van der Waals surface area (Å²) in [5, 5.41) is 11.0. The fraction of sp³-hybridized carbons (Fsp3) is 0.333. The van der Waals surface area contributed by atoms with Crippen LogP contribution in [-0.2, 0) is 9.59 Å². The molecule has 30 heavy (non-hydrogen) atoms. The van der Waals surface area contributed by atoms with Crippen LogP contribution in [0, 0.1) is 6.92 Å². The Morgan fingerprint density at radius 2 is 1.70 bits per heavy atom. The minimum Gasteiger partial charge on any atom is -0.507 e. The fourth-order valence-corrected chi connectivity index (χ4v) is 3.54. The van der Waals surface area contributed by atoms with Gasteiger partial charge in [0.1, 0.15) is 11.5 Å². The number of aliphatic hydroxyl groups is 1. The average molecular weight is 408 g/mol. The number of rotatable bonds is 7. The molecule has 1 N–H and O–H groups in total. The SMILES string of the molecule is CCOc1ccc([C@@H]2/C(=C(\O)c3ccc(C)cc3)C(=O)C(=O)N2CCN(C)C)cc1. The van der Waals surface area contributed by atoms with E-state index < -0.39 is 17.7 Å². The second kappa shape index (κ2) is 9.13. The van der Waals surface area contributed by atoms with E-state index in [2.05, 4.69) is 0 Å². The molecule has 1 heterocycles. The topological polar surface area (TPSA) is 70.1 Å². The van der Waals surface area contributed by atoms with Gasteiger partial charge in [-0.1, -0.05) is 42.0 Å². The highest BCUT2D eigenvalue weighted by Gasteiger charge is 2.45. The Morgan fingerprint density at radius 1 is 1.07 bits per heavy atom. The lowest BCUT2D eigenvalue weighted by molar-refractivity contribution is -0.140.